The van der Waals surface area contributed by atoms with Crippen LogP contribution in [-0.2, 0) is 21.4 Å². The fraction of sp³-hybridized carbons (Fsp3) is 0.409. The van der Waals surface area contributed by atoms with E-state index in [0.717, 1.165) is 13.1 Å². The summed E-state index contributed by atoms with van der Waals surface area (Å²) in [6, 6.07) is 13.0. The molecule has 162 valence electrons. The maximum absolute atomic E-state index is 12.5. The number of benzene rings is 2. The molecule has 1 amide bonds. The molecule has 2 aromatic rings. The molecule has 2 aromatic carbocycles. The third-order valence-electron chi connectivity index (χ3n) is 5.32. The number of carbonyl (C=O) groups is 1. The number of hydrogen-bond donors (Lipinski definition) is 2. The molecule has 3 N–H and O–H groups in total. The molecule has 0 atom stereocenters. The van der Waals surface area contributed by atoms with Crippen LogP contribution in [0.1, 0.15) is 30.4 Å². The molecule has 0 aromatic heterocycles. The SMILES string of the molecule is Cc1ccc(NC(=O)CN(C)Cc2ccccc2N2CCCCC2)cc1S(N)(=O)=O. The van der Waals surface area contributed by atoms with Crippen molar-refractivity contribution in [3.8, 4) is 0 Å². The lowest BCUT2D eigenvalue weighted by Crippen LogP contribution is -2.33. The maximum Gasteiger partial charge on any atom is 0.238 e. The van der Waals surface area contributed by atoms with Crippen LogP contribution in [0.5, 0.6) is 0 Å². The zero-order valence-electron chi connectivity index (χ0n) is 17.6. The van der Waals surface area contributed by atoms with E-state index in [1.165, 1.54) is 36.6 Å². The summed E-state index contributed by atoms with van der Waals surface area (Å²) in [4.78, 5) is 16.9. The number of amides is 1. The van der Waals surface area contributed by atoms with Gasteiger partial charge in [0.15, 0.2) is 0 Å². The number of sulfonamides is 1. The lowest BCUT2D eigenvalue weighted by atomic mass is 10.1. The molecule has 30 heavy (non-hydrogen) atoms. The number of primary sulfonamides is 1. The van der Waals surface area contributed by atoms with Gasteiger partial charge in [0.25, 0.3) is 0 Å². The van der Waals surface area contributed by atoms with E-state index in [9.17, 15) is 13.2 Å². The fourth-order valence-corrected chi connectivity index (χ4v) is 4.67. The Labute approximate surface area is 178 Å². The maximum atomic E-state index is 12.5. The van der Waals surface area contributed by atoms with Gasteiger partial charge >= 0.3 is 0 Å². The van der Waals surface area contributed by atoms with Crippen LogP contribution < -0.4 is 15.4 Å². The zero-order valence-corrected chi connectivity index (χ0v) is 18.4. The number of carbonyl (C=O) groups excluding carboxylic acids is 1. The second-order valence-corrected chi connectivity index (χ2v) is 9.45. The van der Waals surface area contributed by atoms with E-state index in [0.29, 0.717) is 17.8 Å². The Morgan fingerprint density at radius 1 is 1.13 bits per heavy atom. The third-order valence-corrected chi connectivity index (χ3v) is 6.37. The molecule has 8 heteroatoms. The van der Waals surface area contributed by atoms with Crippen molar-refractivity contribution < 1.29 is 13.2 Å². The molecule has 0 spiro atoms. The Bertz CT molecular complexity index is 1000. The molecular formula is C22H30N4O3S. The Balaban J connectivity index is 1.63. The minimum atomic E-state index is -3.84. The van der Waals surface area contributed by atoms with Crippen LogP contribution in [0.4, 0.5) is 11.4 Å². The molecule has 1 saturated heterocycles. The third kappa shape index (κ3) is 5.81. The summed E-state index contributed by atoms with van der Waals surface area (Å²) in [5.74, 6) is -0.211. The van der Waals surface area contributed by atoms with Crippen LogP contribution in [0.3, 0.4) is 0 Å². The Morgan fingerprint density at radius 2 is 1.83 bits per heavy atom. The highest BCUT2D eigenvalue weighted by Crippen LogP contribution is 2.25. The topological polar surface area (TPSA) is 95.7 Å². The van der Waals surface area contributed by atoms with E-state index in [4.69, 9.17) is 5.14 Å². The average molecular weight is 431 g/mol. The van der Waals surface area contributed by atoms with Crippen LogP contribution in [0.15, 0.2) is 47.4 Å². The van der Waals surface area contributed by atoms with E-state index in [2.05, 4.69) is 28.4 Å². The number of nitrogens with two attached hydrogens (primary N) is 1. The minimum Gasteiger partial charge on any atom is -0.371 e. The van der Waals surface area contributed by atoms with Crippen molar-refractivity contribution in [2.45, 2.75) is 37.6 Å². The molecule has 0 radical (unpaired) electrons. The van der Waals surface area contributed by atoms with Gasteiger partial charge in [0, 0.05) is 31.0 Å². The Hall–Kier alpha value is -2.42. The number of nitrogens with zero attached hydrogens (tertiary/aromatic N) is 2. The molecule has 7 nitrogen and oxygen atoms in total. The van der Waals surface area contributed by atoms with Gasteiger partial charge in [0.2, 0.25) is 15.9 Å². The minimum absolute atomic E-state index is 0.0177. The van der Waals surface area contributed by atoms with Gasteiger partial charge in [0.1, 0.15) is 0 Å². The van der Waals surface area contributed by atoms with E-state index in [1.807, 2.05) is 18.0 Å². The quantitative estimate of drug-likeness (QED) is 0.704. The van der Waals surface area contributed by atoms with E-state index >= 15 is 0 Å². The normalized spacial score (nSPS) is 14.7. The van der Waals surface area contributed by atoms with Crippen molar-refractivity contribution in [1.82, 2.24) is 4.90 Å². The average Bonchev–Trinajstić information content (AvgIpc) is 2.69. The van der Waals surface area contributed by atoms with Gasteiger partial charge in [-0.1, -0.05) is 24.3 Å². The second-order valence-electron chi connectivity index (χ2n) is 7.92. The van der Waals surface area contributed by atoms with Crippen LogP contribution >= 0.6 is 0 Å². The zero-order chi connectivity index (χ0) is 21.7. The van der Waals surface area contributed by atoms with Crippen molar-refractivity contribution >= 4 is 27.3 Å². The summed E-state index contributed by atoms with van der Waals surface area (Å²) in [5.41, 5.74) is 3.39. The number of nitrogens with one attached hydrogen (secondary N) is 1. The van der Waals surface area contributed by atoms with Crippen LogP contribution in [-0.4, -0.2) is 45.9 Å². The smallest absolute Gasteiger partial charge is 0.238 e. The summed E-state index contributed by atoms with van der Waals surface area (Å²) >= 11 is 0. The lowest BCUT2D eigenvalue weighted by Gasteiger charge is -2.31. The number of likely N-dealkylation sites (N-methyl/N-ethyl adjacent to an activating group) is 1. The molecule has 3 rings (SSSR count). The Kier molecular flexibility index (Phi) is 7.12. The van der Waals surface area contributed by atoms with Gasteiger partial charge in [-0.25, -0.2) is 13.6 Å². The molecule has 1 aliphatic heterocycles. The van der Waals surface area contributed by atoms with Gasteiger partial charge in [0.05, 0.1) is 11.4 Å². The van der Waals surface area contributed by atoms with Gasteiger partial charge in [-0.05, 0) is 62.6 Å². The number of aryl methyl sites for hydroxylation is 1. The first-order chi connectivity index (χ1) is 14.2. The number of rotatable bonds is 7. The summed E-state index contributed by atoms with van der Waals surface area (Å²) in [6.45, 7) is 4.64. The molecular weight excluding hydrogens is 400 g/mol. The molecule has 0 aliphatic carbocycles. The Morgan fingerprint density at radius 3 is 2.53 bits per heavy atom. The lowest BCUT2D eigenvalue weighted by molar-refractivity contribution is -0.117. The van der Waals surface area contributed by atoms with E-state index < -0.39 is 10.0 Å². The highest BCUT2D eigenvalue weighted by molar-refractivity contribution is 7.89. The summed E-state index contributed by atoms with van der Waals surface area (Å²) in [6.07, 6.45) is 3.71. The summed E-state index contributed by atoms with van der Waals surface area (Å²) in [7, 11) is -1.94. The second kappa shape index (κ2) is 9.59. The monoisotopic (exact) mass is 430 g/mol. The number of hydrogen-bond acceptors (Lipinski definition) is 5. The molecule has 1 aliphatic rings. The predicted octanol–water partition coefficient (Wildman–Crippen LogP) is 2.70. The van der Waals surface area contributed by atoms with Crippen LogP contribution in [0, 0.1) is 6.92 Å². The van der Waals surface area contributed by atoms with Crippen molar-refractivity contribution in [3.63, 3.8) is 0 Å². The molecule has 0 unspecified atom stereocenters. The molecule has 1 heterocycles. The van der Waals surface area contributed by atoms with Crippen molar-refractivity contribution in [1.29, 1.82) is 0 Å². The van der Waals surface area contributed by atoms with E-state index in [-0.39, 0.29) is 17.3 Å². The number of para-hydroxylation sites is 1. The van der Waals surface area contributed by atoms with Crippen molar-refractivity contribution in [2.75, 3.05) is 36.9 Å². The number of piperidine rings is 1. The fourth-order valence-electron chi connectivity index (χ4n) is 3.86. The molecule has 0 bridgehead atoms. The van der Waals surface area contributed by atoms with Gasteiger partial charge in [-0.2, -0.15) is 0 Å². The first-order valence-corrected chi connectivity index (χ1v) is 11.7. The summed E-state index contributed by atoms with van der Waals surface area (Å²) < 4.78 is 23.4. The van der Waals surface area contributed by atoms with E-state index in [1.54, 1.807) is 19.1 Å². The molecule has 1 fully saturated rings. The largest absolute Gasteiger partial charge is 0.371 e. The summed E-state index contributed by atoms with van der Waals surface area (Å²) in [5, 5.41) is 8.01. The van der Waals surface area contributed by atoms with Crippen molar-refractivity contribution in [3.05, 3.63) is 53.6 Å². The van der Waals surface area contributed by atoms with Gasteiger partial charge < -0.3 is 10.2 Å². The van der Waals surface area contributed by atoms with Gasteiger partial charge in [-0.15, -0.1) is 0 Å². The standard InChI is InChI=1S/C22H30N4O3S/c1-17-10-11-19(14-21(17)30(23,28)29)24-22(27)16-25(2)15-18-8-4-5-9-20(18)26-12-6-3-7-13-26/h4-5,8-11,14H,3,6-7,12-13,15-16H2,1-2H3,(H,24,27)(H2,23,28,29). The van der Waals surface area contributed by atoms with Gasteiger partial charge in [-0.3, -0.25) is 9.69 Å². The first-order valence-electron chi connectivity index (χ1n) is 10.2. The highest BCUT2D eigenvalue weighted by Gasteiger charge is 2.17. The van der Waals surface area contributed by atoms with Crippen molar-refractivity contribution in [2.24, 2.45) is 5.14 Å². The predicted molar refractivity (Wildman–Crippen MR) is 120 cm³/mol. The highest BCUT2D eigenvalue weighted by atomic mass is 32.2. The number of anilines is 2. The first kappa shape index (κ1) is 22.3. The van der Waals surface area contributed by atoms with Crippen LogP contribution in [0.25, 0.3) is 0 Å². The van der Waals surface area contributed by atoms with Crippen LogP contribution in [0.2, 0.25) is 0 Å². The molecule has 0 saturated carbocycles.